The predicted molar refractivity (Wildman–Crippen MR) is 106 cm³/mol. The van der Waals surface area contributed by atoms with E-state index in [0.717, 1.165) is 36.8 Å². The molecule has 4 nitrogen and oxygen atoms in total. The van der Waals surface area contributed by atoms with Crippen molar-refractivity contribution in [1.82, 2.24) is 0 Å². The molecule has 0 saturated heterocycles. The van der Waals surface area contributed by atoms with Crippen LogP contribution >= 0.6 is 0 Å². The molecule has 0 aromatic rings. The first-order valence-electron chi connectivity index (χ1n) is 10.4. The van der Waals surface area contributed by atoms with Crippen molar-refractivity contribution in [2.45, 2.75) is 66.7 Å². The highest BCUT2D eigenvalue weighted by Gasteiger charge is 2.83. The molecule has 2 bridgehead atoms. The third-order valence-electron chi connectivity index (χ3n) is 8.42. The first-order valence-corrected chi connectivity index (χ1v) is 10.4. The lowest BCUT2D eigenvalue weighted by molar-refractivity contribution is -0.148. The molecule has 4 heteroatoms. The van der Waals surface area contributed by atoms with E-state index in [1.165, 1.54) is 5.57 Å². The average Bonchev–Trinajstić information content (AvgIpc) is 3.09. The van der Waals surface area contributed by atoms with Crippen molar-refractivity contribution in [3.63, 3.8) is 0 Å². The Morgan fingerprint density at radius 3 is 1.93 bits per heavy atom. The van der Waals surface area contributed by atoms with Crippen LogP contribution in [0.4, 0.5) is 0 Å². The molecule has 0 aromatic heterocycles. The fraction of sp³-hybridized carbons (Fsp3) is 0.667. The van der Waals surface area contributed by atoms with E-state index >= 15 is 0 Å². The van der Waals surface area contributed by atoms with Crippen LogP contribution in [-0.4, -0.2) is 0 Å². The largest absolute Gasteiger partial charge is 0.196 e. The molecule has 28 heavy (non-hydrogen) atoms. The molecule has 0 aromatic carbocycles. The number of nitriles is 4. The Morgan fingerprint density at radius 1 is 0.929 bits per heavy atom. The maximum absolute atomic E-state index is 10.5. The van der Waals surface area contributed by atoms with Gasteiger partial charge in [0.1, 0.15) is 0 Å². The van der Waals surface area contributed by atoms with E-state index in [-0.39, 0.29) is 17.3 Å². The smallest absolute Gasteiger partial charge is 0.186 e. The van der Waals surface area contributed by atoms with E-state index in [9.17, 15) is 21.0 Å². The molecule has 1 fully saturated rings. The lowest BCUT2D eigenvalue weighted by Crippen LogP contribution is -2.72. The highest BCUT2D eigenvalue weighted by molar-refractivity contribution is 5.58. The summed E-state index contributed by atoms with van der Waals surface area (Å²) in [4.78, 5) is 0. The standard InChI is InChI=1S/C24H28N4/c1-6-17-18(7-2)24(9-4)21(8-3)11-16(5)10-19(21)20(17)22(12-25,13-26)23(24,14-27)15-28/h11,19-20H,6-10H2,1-5H3/t19-,20+,21-,24-/m1/s1. The molecule has 4 atom stereocenters. The Hall–Kier alpha value is -2.56. The molecule has 0 radical (unpaired) electrons. The molecule has 4 rings (SSSR count). The summed E-state index contributed by atoms with van der Waals surface area (Å²) in [6.07, 6.45) is 6.01. The van der Waals surface area contributed by atoms with Gasteiger partial charge in [-0.3, -0.25) is 0 Å². The summed E-state index contributed by atoms with van der Waals surface area (Å²) in [7, 11) is 0. The molecule has 144 valence electrons. The Bertz CT molecular complexity index is 913. The molecule has 0 spiro atoms. The monoisotopic (exact) mass is 372 g/mol. The lowest BCUT2D eigenvalue weighted by Gasteiger charge is -2.70. The summed E-state index contributed by atoms with van der Waals surface area (Å²) in [5.74, 6) is -0.277. The van der Waals surface area contributed by atoms with Crippen molar-refractivity contribution >= 4 is 0 Å². The minimum absolute atomic E-state index is 0.0943. The molecule has 0 unspecified atom stereocenters. The van der Waals surface area contributed by atoms with Crippen LogP contribution in [-0.2, 0) is 0 Å². The summed E-state index contributed by atoms with van der Waals surface area (Å²) in [5.41, 5.74) is -0.927. The zero-order valence-corrected chi connectivity index (χ0v) is 17.6. The Balaban J connectivity index is 2.66. The van der Waals surface area contributed by atoms with Crippen molar-refractivity contribution in [2.75, 3.05) is 0 Å². The predicted octanol–water partition coefficient (Wildman–Crippen LogP) is 5.57. The van der Waals surface area contributed by atoms with Crippen LogP contribution in [0.2, 0.25) is 0 Å². The van der Waals surface area contributed by atoms with E-state index in [2.05, 4.69) is 58.0 Å². The average molecular weight is 373 g/mol. The number of hydrogen-bond acceptors (Lipinski definition) is 4. The quantitative estimate of drug-likeness (QED) is 0.602. The van der Waals surface area contributed by atoms with Crippen LogP contribution < -0.4 is 0 Å². The zero-order chi connectivity index (χ0) is 21.0. The first kappa shape index (κ1) is 20.2. The fourth-order valence-electron chi connectivity index (χ4n) is 7.84. The summed E-state index contributed by atoms with van der Waals surface area (Å²) >= 11 is 0. The van der Waals surface area contributed by atoms with Gasteiger partial charge in [0.05, 0.1) is 24.3 Å². The van der Waals surface area contributed by atoms with Gasteiger partial charge in [-0.25, -0.2) is 0 Å². The molecule has 0 aliphatic heterocycles. The SMILES string of the molecule is CCC1=C(CC)[C@@]2(CC)C(C#N)(C#N)C(C#N)(C#N)[C@@H]1[C@H]1CC(C)=C[C@]12CC. The minimum Gasteiger partial charge on any atom is -0.196 e. The van der Waals surface area contributed by atoms with Gasteiger partial charge in [-0.1, -0.05) is 50.5 Å². The second-order valence-corrected chi connectivity index (χ2v) is 8.65. The van der Waals surface area contributed by atoms with Crippen molar-refractivity contribution in [3.05, 3.63) is 22.8 Å². The van der Waals surface area contributed by atoms with Gasteiger partial charge in [0.25, 0.3) is 0 Å². The molecule has 0 N–H and O–H groups in total. The van der Waals surface area contributed by atoms with Gasteiger partial charge in [0.15, 0.2) is 10.8 Å². The second-order valence-electron chi connectivity index (χ2n) is 8.65. The Morgan fingerprint density at radius 2 is 1.54 bits per heavy atom. The van der Waals surface area contributed by atoms with Crippen LogP contribution in [0.5, 0.6) is 0 Å². The van der Waals surface area contributed by atoms with Crippen molar-refractivity contribution in [1.29, 1.82) is 21.0 Å². The number of fused-ring (bicyclic) bond motifs is 1. The van der Waals surface area contributed by atoms with Crippen LogP contribution in [0.25, 0.3) is 0 Å². The van der Waals surface area contributed by atoms with Crippen molar-refractivity contribution in [3.8, 4) is 24.3 Å². The zero-order valence-electron chi connectivity index (χ0n) is 17.6. The van der Waals surface area contributed by atoms with E-state index in [1.54, 1.807) is 0 Å². The van der Waals surface area contributed by atoms with Gasteiger partial charge in [0, 0.05) is 16.7 Å². The molecular formula is C24H28N4. The van der Waals surface area contributed by atoms with Crippen LogP contribution in [0, 0.1) is 78.8 Å². The van der Waals surface area contributed by atoms with E-state index in [1.807, 2.05) is 6.92 Å². The second kappa shape index (κ2) is 6.23. The maximum atomic E-state index is 10.5. The third kappa shape index (κ3) is 1.62. The van der Waals surface area contributed by atoms with Crippen LogP contribution in [0.15, 0.2) is 22.8 Å². The molecule has 4 aliphatic carbocycles. The van der Waals surface area contributed by atoms with Gasteiger partial charge in [-0.15, -0.1) is 0 Å². The number of allylic oxidation sites excluding steroid dienone is 4. The van der Waals surface area contributed by atoms with E-state index in [0.29, 0.717) is 6.42 Å². The fourth-order valence-corrected chi connectivity index (χ4v) is 7.84. The van der Waals surface area contributed by atoms with E-state index in [4.69, 9.17) is 0 Å². The minimum atomic E-state index is -1.68. The summed E-state index contributed by atoms with van der Waals surface area (Å²) in [6, 6.07) is 9.15. The number of nitrogens with zero attached hydrogens (tertiary/aromatic N) is 4. The maximum Gasteiger partial charge on any atom is 0.186 e. The number of hydrogen-bond donors (Lipinski definition) is 0. The third-order valence-corrected chi connectivity index (χ3v) is 8.42. The highest BCUT2D eigenvalue weighted by atomic mass is 14.8. The lowest BCUT2D eigenvalue weighted by atomic mass is 9.27. The van der Waals surface area contributed by atoms with Crippen LogP contribution in [0.1, 0.15) is 66.7 Å². The summed E-state index contributed by atoms with van der Waals surface area (Å²) in [5, 5.41) is 41.8. The summed E-state index contributed by atoms with van der Waals surface area (Å²) in [6.45, 7) is 10.5. The highest BCUT2D eigenvalue weighted by Crippen LogP contribution is 2.82. The van der Waals surface area contributed by atoms with Gasteiger partial charge in [-0.05, 0) is 44.9 Å². The van der Waals surface area contributed by atoms with Gasteiger partial charge < -0.3 is 0 Å². The first-order chi connectivity index (χ1) is 13.4. The van der Waals surface area contributed by atoms with Gasteiger partial charge in [-0.2, -0.15) is 21.0 Å². The molecular weight excluding hydrogens is 344 g/mol. The molecule has 0 heterocycles. The number of rotatable bonds is 4. The van der Waals surface area contributed by atoms with Crippen molar-refractivity contribution in [2.24, 2.45) is 33.5 Å². The molecule has 4 aliphatic rings. The van der Waals surface area contributed by atoms with Crippen molar-refractivity contribution < 1.29 is 0 Å². The molecule has 1 saturated carbocycles. The Kier molecular flexibility index (Phi) is 4.49. The summed E-state index contributed by atoms with van der Waals surface area (Å²) < 4.78 is 0. The van der Waals surface area contributed by atoms with E-state index < -0.39 is 16.2 Å². The van der Waals surface area contributed by atoms with Gasteiger partial charge in [0.2, 0.25) is 0 Å². The molecule has 0 amide bonds. The normalized spacial score (nSPS) is 36.5. The Labute approximate surface area is 168 Å². The topological polar surface area (TPSA) is 95.2 Å². The van der Waals surface area contributed by atoms with Crippen LogP contribution in [0.3, 0.4) is 0 Å². The van der Waals surface area contributed by atoms with Gasteiger partial charge >= 0.3 is 0 Å².